The number of anilines is 1. The third-order valence-electron chi connectivity index (χ3n) is 6.04. The van der Waals surface area contributed by atoms with Gasteiger partial charge in [0, 0.05) is 22.4 Å². The summed E-state index contributed by atoms with van der Waals surface area (Å²) in [6.07, 6.45) is 0. The first-order chi connectivity index (χ1) is 17.2. The van der Waals surface area contributed by atoms with Crippen LogP contribution in [0.1, 0.15) is 29.7 Å². The number of hydrogen-bond donors (Lipinski definition) is 2. The largest absolute Gasteiger partial charge is 0.455 e. The van der Waals surface area contributed by atoms with Crippen molar-refractivity contribution in [3.8, 4) is 22.7 Å². The molecule has 2 aromatic heterocycles. The van der Waals surface area contributed by atoms with E-state index in [0.717, 1.165) is 17.2 Å². The maximum Gasteiger partial charge on any atom is 0.439 e. The molecule has 9 heteroatoms. The third kappa shape index (κ3) is 3.98. The fraction of sp³-hybridized carbons (Fsp3) is 0.148. The Kier molecular flexibility index (Phi) is 5.75. The first-order valence-electron chi connectivity index (χ1n) is 11.2. The second kappa shape index (κ2) is 8.92. The lowest BCUT2D eigenvalue weighted by atomic mass is 9.98. The zero-order valence-corrected chi connectivity index (χ0v) is 19.6. The van der Waals surface area contributed by atoms with Gasteiger partial charge in [-0.1, -0.05) is 41.6 Å². The Hall–Kier alpha value is -4.53. The van der Waals surface area contributed by atoms with E-state index in [1.165, 1.54) is 6.07 Å². The molecular formula is C27H21F2N3O4. The molecule has 0 spiro atoms. The van der Waals surface area contributed by atoms with Crippen molar-refractivity contribution in [2.45, 2.75) is 26.8 Å². The average molecular weight is 489 g/mol. The van der Waals surface area contributed by atoms with E-state index in [1.807, 2.05) is 43.3 Å². The zero-order chi connectivity index (χ0) is 25.6. The van der Waals surface area contributed by atoms with E-state index in [9.17, 15) is 18.4 Å². The molecule has 0 unspecified atom stereocenters. The number of nitrogens with zero attached hydrogens (tertiary/aromatic N) is 1. The van der Waals surface area contributed by atoms with E-state index in [2.05, 4.69) is 20.0 Å². The summed E-state index contributed by atoms with van der Waals surface area (Å²) in [6, 6.07) is 14.7. The lowest BCUT2D eigenvalue weighted by Crippen LogP contribution is -2.13. The molecule has 0 saturated heterocycles. The maximum absolute atomic E-state index is 14.8. The molecule has 36 heavy (non-hydrogen) atoms. The Bertz CT molecular complexity index is 1720. The van der Waals surface area contributed by atoms with Crippen LogP contribution in [-0.4, -0.2) is 10.1 Å². The van der Waals surface area contributed by atoms with Gasteiger partial charge in [0.25, 0.3) is 0 Å². The maximum atomic E-state index is 14.8. The molecular weight excluding hydrogens is 468 g/mol. The molecule has 0 fully saturated rings. The monoisotopic (exact) mass is 489 g/mol. The van der Waals surface area contributed by atoms with Crippen LogP contribution in [0.2, 0.25) is 0 Å². The highest BCUT2D eigenvalue weighted by molar-refractivity contribution is 5.85. The van der Waals surface area contributed by atoms with Gasteiger partial charge in [-0.25, -0.2) is 13.6 Å². The molecule has 0 bridgehead atoms. The fourth-order valence-electron chi connectivity index (χ4n) is 4.31. The van der Waals surface area contributed by atoms with E-state index in [-0.39, 0.29) is 22.5 Å². The number of rotatable bonds is 5. The van der Waals surface area contributed by atoms with Gasteiger partial charge in [0.05, 0.1) is 17.0 Å². The standard InChI is InChI=1S/C27H21F2N3O4/c1-13-11-17(25-18(12-13)23(33)14(2)24(35-25)16-7-5-4-6-8-16)15(3)30-20-10-9-19(28)22(29)21(20)26-31-27(34)36-32-26/h4-12,15,30H,1-3H3,(H,31,32,34)/t15-/m1/s1. The topological polar surface area (TPSA) is 101 Å². The Labute approximate surface area is 203 Å². The van der Waals surface area contributed by atoms with Crippen molar-refractivity contribution in [2.24, 2.45) is 0 Å². The minimum Gasteiger partial charge on any atom is -0.455 e. The number of nitrogens with one attached hydrogen (secondary N) is 2. The molecule has 0 radical (unpaired) electrons. The first kappa shape index (κ1) is 23.2. The molecule has 7 nitrogen and oxygen atoms in total. The van der Waals surface area contributed by atoms with Crippen LogP contribution in [0.3, 0.4) is 0 Å². The second-order valence-corrected chi connectivity index (χ2v) is 8.58. The Morgan fingerprint density at radius 1 is 1.03 bits per heavy atom. The summed E-state index contributed by atoms with van der Waals surface area (Å²) >= 11 is 0. The summed E-state index contributed by atoms with van der Waals surface area (Å²) in [4.78, 5) is 27.0. The molecule has 0 aliphatic rings. The van der Waals surface area contributed by atoms with Crippen LogP contribution >= 0.6 is 0 Å². The van der Waals surface area contributed by atoms with Crippen molar-refractivity contribution < 1.29 is 17.7 Å². The van der Waals surface area contributed by atoms with Crippen LogP contribution in [-0.2, 0) is 0 Å². The molecule has 3 aromatic carbocycles. The van der Waals surface area contributed by atoms with Crippen molar-refractivity contribution in [1.29, 1.82) is 0 Å². The SMILES string of the molecule is Cc1cc([C@@H](C)Nc2ccc(F)c(F)c2-c2noc(=O)[nH]2)c2oc(-c3ccccc3)c(C)c(=O)c2c1. The average Bonchev–Trinajstić information content (AvgIpc) is 3.29. The lowest BCUT2D eigenvalue weighted by Gasteiger charge is -2.20. The van der Waals surface area contributed by atoms with Gasteiger partial charge in [-0.3, -0.25) is 14.3 Å². The quantitative estimate of drug-likeness (QED) is 0.320. The predicted octanol–water partition coefficient (Wildman–Crippen LogP) is 5.87. The van der Waals surface area contributed by atoms with E-state index in [4.69, 9.17) is 4.42 Å². The van der Waals surface area contributed by atoms with Gasteiger partial charge in [-0.2, -0.15) is 0 Å². The Morgan fingerprint density at radius 3 is 2.47 bits per heavy atom. The highest BCUT2D eigenvalue weighted by Crippen LogP contribution is 2.35. The van der Waals surface area contributed by atoms with E-state index >= 15 is 0 Å². The molecule has 0 aliphatic carbocycles. The van der Waals surface area contributed by atoms with Crippen LogP contribution in [0, 0.1) is 25.5 Å². The number of halogens is 2. The van der Waals surface area contributed by atoms with Gasteiger partial charge in [-0.15, -0.1) is 0 Å². The highest BCUT2D eigenvalue weighted by atomic mass is 19.2. The van der Waals surface area contributed by atoms with Crippen LogP contribution in [0.4, 0.5) is 14.5 Å². The van der Waals surface area contributed by atoms with Gasteiger partial charge in [0.2, 0.25) is 0 Å². The van der Waals surface area contributed by atoms with Crippen molar-refractivity contribution in [2.75, 3.05) is 5.32 Å². The predicted molar refractivity (Wildman–Crippen MR) is 132 cm³/mol. The molecule has 2 N–H and O–H groups in total. The van der Waals surface area contributed by atoms with Crippen LogP contribution < -0.4 is 16.5 Å². The van der Waals surface area contributed by atoms with Crippen molar-refractivity contribution >= 4 is 16.7 Å². The summed E-state index contributed by atoms with van der Waals surface area (Å²) in [7, 11) is 0. The first-order valence-corrected chi connectivity index (χ1v) is 11.2. The van der Waals surface area contributed by atoms with Crippen molar-refractivity contribution in [1.82, 2.24) is 10.1 Å². The summed E-state index contributed by atoms with van der Waals surface area (Å²) in [5.41, 5.74) is 2.84. The summed E-state index contributed by atoms with van der Waals surface area (Å²) in [5, 5.41) is 7.07. The fourth-order valence-corrected chi connectivity index (χ4v) is 4.31. The van der Waals surface area contributed by atoms with Crippen LogP contribution in [0.25, 0.3) is 33.7 Å². The normalized spacial score (nSPS) is 12.1. The van der Waals surface area contributed by atoms with Gasteiger partial charge >= 0.3 is 5.76 Å². The number of hydrogen-bond acceptors (Lipinski definition) is 6. The summed E-state index contributed by atoms with van der Waals surface area (Å²) in [5.74, 6) is -3.00. The van der Waals surface area contributed by atoms with E-state index in [0.29, 0.717) is 27.9 Å². The minimum atomic E-state index is -1.20. The minimum absolute atomic E-state index is 0.152. The molecule has 2 heterocycles. The number of aryl methyl sites for hydroxylation is 1. The zero-order valence-electron chi connectivity index (χ0n) is 19.6. The van der Waals surface area contributed by atoms with Crippen LogP contribution in [0.5, 0.6) is 0 Å². The molecule has 5 aromatic rings. The number of fused-ring (bicyclic) bond motifs is 1. The number of benzene rings is 3. The number of aromatic nitrogens is 2. The molecule has 182 valence electrons. The van der Waals surface area contributed by atoms with Crippen molar-refractivity contribution in [3.05, 3.63) is 104 Å². The second-order valence-electron chi connectivity index (χ2n) is 8.58. The molecule has 0 aliphatic heterocycles. The Balaban J connectivity index is 1.67. The highest BCUT2D eigenvalue weighted by Gasteiger charge is 2.23. The van der Waals surface area contributed by atoms with E-state index in [1.54, 1.807) is 19.9 Å². The van der Waals surface area contributed by atoms with Crippen LogP contribution in [0.15, 0.2) is 73.1 Å². The summed E-state index contributed by atoms with van der Waals surface area (Å²) in [6.45, 7) is 5.38. The lowest BCUT2D eigenvalue weighted by molar-refractivity contribution is 0.387. The van der Waals surface area contributed by atoms with Crippen molar-refractivity contribution in [3.63, 3.8) is 0 Å². The third-order valence-corrected chi connectivity index (χ3v) is 6.04. The van der Waals surface area contributed by atoms with Gasteiger partial charge in [0.15, 0.2) is 22.9 Å². The van der Waals surface area contributed by atoms with Gasteiger partial charge < -0.3 is 9.73 Å². The summed E-state index contributed by atoms with van der Waals surface area (Å²) < 4.78 is 39.6. The van der Waals surface area contributed by atoms with Gasteiger partial charge in [0.1, 0.15) is 11.3 Å². The molecule has 5 rings (SSSR count). The Morgan fingerprint density at radius 2 is 1.78 bits per heavy atom. The number of aromatic amines is 1. The molecule has 1 atom stereocenters. The molecule has 0 amide bonds. The molecule has 0 saturated carbocycles. The van der Waals surface area contributed by atoms with Gasteiger partial charge in [-0.05, 0) is 44.5 Å². The van der Waals surface area contributed by atoms with E-state index < -0.39 is 23.4 Å². The number of H-pyrrole nitrogens is 1. The smallest absolute Gasteiger partial charge is 0.439 e.